The van der Waals surface area contributed by atoms with E-state index in [4.69, 9.17) is 0 Å². The van der Waals surface area contributed by atoms with E-state index in [1.807, 2.05) is 42.6 Å². The highest BCUT2D eigenvalue weighted by Gasteiger charge is 2.19. The summed E-state index contributed by atoms with van der Waals surface area (Å²) in [6.07, 6.45) is 7.15. The molecular weight excluding hydrogens is 400 g/mol. The second kappa shape index (κ2) is 8.77. The maximum absolute atomic E-state index is 12.8. The number of H-pyrrole nitrogens is 1. The number of nitrogens with zero attached hydrogens (tertiary/aromatic N) is 3. The molecule has 0 aliphatic heterocycles. The van der Waals surface area contributed by atoms with Crippen LogP contribution in [0.4, 0.5) is 10.5 Å². The van der Waals surface area contributed by atoms with E-state index in [-0.39, 0.29) is 11.9 Å². The topological polar surface area (TPSA) is 87.6 Å². The van der Waals surface area contributed by atoms with Crippen molar-refractivity contribution in [1.29, 1.82) is 0 Å². The Bertz CT molecular complexity index is 1330. The van der Waals surface area contributed by atoms with Gasteiger partial charge in [-0.1, -0.05) is 48.5 Å². The fourth-order valence-electron chi connectivity index (χ4n) is 3.91. The summed E-state index contributed by atoms with van der Waals surface area (Å²) in [4.78, 5) is 20.5. The van der Waals surface area contributed by atoms with Crippen molar-refractivity contribution in [2.24, 2.45) is 0 Å². The number of hydrogen-bond donors (Lipinski definition) is 3. The molecule has 2 amide bonds. The molecular formula is C25H22N6O. The third-order valence-electron chi connectivity index (χ3n) is 5.42. The lowest BCUT2D eigenvalue weighted by Gasteiger charge is -2.19. The van der Waals surface area contributed by atoms with Crippen molar-refractivity contribution in [1.82, 2.24) is 25.1 Å². The van der Waals surface area contributed by atoms with Gasteiger partial charge in [-0.25, -0.2) is 14.5 Å². The first-order valence-corrected chi connectivity index (χ1v) is 10.4. The molecule has 0 spiro atoms. The van der Waals surface area contributed by atoms with Crippen LogP contribution in [-0.4, -0.2) is 32.3 Å². The van der Waals surface area contributed by atoms with Crippen LogP contribution in [0.3, 0.4) is 0 Å². The molecule has 7 heteroatoms. The number of rotatable bonds is 6. The summed E-state index contributed by atoms with van der Waals surface area (Å²) in [5.41, 5.74) is 3.94. The first kappa shape index (κ1) is 19.6. The Morgan fingerprint density at radius 1 is 0.969 bits per heavy atom. The molecule has 3 heterocycles. The molecule has 32 heavy (non-hydrogen) atoms. The lowest BCUT2D eigenvalue weighted by molar-refractivity contribution is 0.252. The second-order valence-electron chi connectivity index (χ2n) is 7.41. The summed E-state index contributed by atoms with van der Waals surface area (Å²) in [6.45, 7) is 0.440. The molecule has 1 atom stereocenters. The van der Waals surface area contributed by atoms with E-state index in [0.29, 0.717) is 18.1 Å². The van der Waals surface area contributed by atoms with Gasteiger partial charge >= 0.3 is 6.03 Å². The summed E-state index contributed by atoms with van der Waals surface area (Å²) < 4.78 is 1.62. The molecule has 0 fully saturated rings. The Kier molecular flexibility index (Phi) is 5.36. The lowest BCUT2D eigenvalue weighted by atomic mass is 9.91. The van der Waals surface area contributed by atoms with E-state index < -0.39 is 0 Å². The summed E-state index contributed by atoms with van der Waals surface area (Å²) in [6, 6.07) is 23.5. The Labute approximate surface area is 185 Å². The van der Waals surface area contributed by atoms with Gasteiger partial charge in [0.15, 0.2) is 5.82 Å². The summed E-state index contributed by atoms with van der Waals surface area (Å²) in [5, 5.41) is 11.3. The zero-order valence-corrected chi connectivity index (χ0v) is 17.3. The van der Waals surface area contributed by atoms with Crippen LogP contribution in [0.2, 0.25) is 0 Å². The van der Waals surface area contributed by atoms with Crippen LogP contribution in [0.25, 0.3) is 16.7 Å². The largest absolute Gasteiger partial charge is 0.361 e. The predicted molar refractivity (Wildman–Crippen MR) is 125 cm³/mol. The number of aromatic nitrogens is 4. The molecule has 0 aliphatic carbocycles. The minimum atomic E-state index is -0.299. The van der Waals surface area contributed by atoms with E-state index in [1.54, 1.807) is 35.4 Å². The van der Waals surface area contributed by atoms with Gasteiger partial charge in [-0.2, -0.15) is 5.10 Å². The highest BCUT2D eigenvalue weighted by atomic mass is 16.2. The second-order valence-corrected chi connectivity index (χ2v) is 7.41. The highest BCUT2D eigenvalue weighted by Crippen LogP contribution is 2.30. The van der Waals surface area contributed by atoms with E-state index in [1.165, 1.54) is 0 Å². The molecule has 7 nitrogen and oxygen atoms in total. The summed E-state index contributed by atoms with van der Waals surface area (Å²) in [7, 11) is 0. The normalized spacial score (nSPS) is 11.9. The van der Waals surface area contributed by atoms with Gasteiger partial charge in [-0.05, 0) is 35.4 Å². The number of urea groups is 1. The van der Waals surface area contributed by atoms with Crippen LogP contribution in [0.1, 0.15) is 17.0 Å². The fraction of sp³-hybridized carbons (Fsp3) is 0.0800. The average Bonchev–Trinajstić information content (AvgIpc) is 3.51. The minimum Gasteiger partial charge on any atom is -0.361 e. The number of carbonyl (C=O) groups excluding carboxylic acids is 1. The number of carbonyl (C=O) groups is 1. The number of anilines is 1. The van der Waals surface area contributed by atoms with E-state index in [0.717, 1.165) is 22.0 Å². The Hall–Kier alpha value is -4.39. The maximum atomic E-state index is 12.8. The number of hydrogen-bond acceptors (Lipinski definition) is 3. The van der Waals surface area contributed by atoms with Gasteiger partial charge in [0.2, 0.25) is 0 Å². The van der Waals surface area contributed by atoms with Crippen molar-refractivity contribution in [3.05, 3.63) is 109 Å². The standard InChI is InChI=1S/C25H22N6O/c32-25(30-23-12-6-13-26-24(23)31-15-7-14-29-31)28-16-20(18-8-2-1-3-9-18)21-17-27-22-11-5-4-10-19(21)22/h1-15,17,20,27H,16H2,(H2,28,30,32). The smallest absolute Gasteiger partial charge is 0.319 e. The van der Waals surface area contributed by atoms with Crippen LogP contribution in [-0.2, 0) is 0 Å². The number of benzene rings is 2. The monoisotopic (exact) mass is 422 g/mol. The van der Waals surface area contributed by atoms with Crippen LogP contribution >= 0.6 is 0 Å². The van der Waals surface area contributed by atoms with Crippen molar-refractivity contribution < 1.29 is 4.79 Å². The number of nitrogens with one attached hydrogen (secondary N) is 3. The fourth-order valence-corrected chi connectivity index (χ4v) is 3.91. The lowest BCUT2D eigenvalue weighted by Crippen LogP contribution is -2.33. The maximum Gasteiger partial charge on any atom is 0.319 e. The van der Waals surface area contributed by atoms with Crippen LogP contribution < -0.4 is 10.6 Å². The molecule has 3 aromatic heterocycles. The SMILES string of the molecule is O=C(NCC(c1ccccc1)c1c[nH]c2ccccc12)Nc1cccnc1-n1cccn1. The molecule has 1 unspecified atom stereocenters. The van der Waals surface area contributed by atoms with Crippen molar-refractivity contribution in [2.45, 2.75) is 5.92 Å². The van der Waals surface area contributed by atoms with Crippen LogP contribution in [0.15, 0.2) is 97.6 Å². The molecule has 5 aromatic rings. The Morgan fingerprint density at radius 3 is 2.66 bits per heavy atom. The third kappa shape index (κ3) is 3.96. The van der Waals surface area contributed by atoms with Gasteiger partial charge in [-0.15, -0.1) is 0 Å². The van der Waals surface area contributed by atoms with Gasteiger partial charge in [0, 0.05) is 48.2 Å². The molecule has 0 saturated heterocycles. The number of pyridine rings is 1. The first-order chi connectivity index (χ1) is 15.8. The van der Waals surface area contributed by atoms with E-state index in [2.05, 4.69) is 50.0 Å². The van der Waals surface area contributed by atoms with Gasteiger partial charge in [0.05, 0.1) is 5.69 Å². The molecule has 158 valence electrons. The van der Waals surface area contributed by atoms with Crippen molar-refractivity contribution in [3.8, 4) is 5.82 Å². The van der Waals surface area contributed by atoms with E-state index in [9.17, 15) is 4.79 Å². The third-order valence-corrected chi connectivity index (χ3v) is 5.42. The highest BCUT2D eigenvalue weighted by molar-refractivity contribution is 5.91. The van der Waals surface area contributed by atoms with Gasteiger partial charge in [0.25, 0.3) is 0 Å². The quantitative estimate of drug-likeness (QED) is 0.371. The first-order valence-electron chi connectivity index (χ1n) is 10.4. The number of aromatic amines is 1. The molecule has 0 radical (unpaired) electrons. The van der Waals surface area contributed by atoms with Crippen molar-refractivity contribution in [3.63, 3.8) is 0 Å². The Morgan fingerprint density at radius 2 is 1.81 bits per heavy atom. The number of fused-ring (bicyclic) bond motifs is 1. The zero-order valence-electron chi connectivity index (χ0n) is 17.3. The molecule has 3 N–H and O–H groups in total. The number of para-hydroxylation sites is 1. The van der Waals surface area contributed by atoms with Gasteiger partial charge in [-0.3, -0.25) is 0 Å². The summed E-state index contributed by atoms with van der Waals surface area (Å²) in [5.74, 6) is 0.557. The molecule has 5 rings (SSSR count). The number of amides is 2. The van der Waals surface area contributed by atoms with Crippen LogP contribution in [0.5, 0.6) is 0 Å². The zero-order chi connectivity index (χ0) is 21.8. The van der Waals surface area contributed by atoms with Crippen molar-refractivity contribution in [2.75, 3.05) is 11.9 Å². The molecule has 0 saturated carbocycles. The molecule has 0 aliphatic rings. The average molecular weight is 422 g/mol. The van der Waals surface area contributed by atoms with Crippen molar-refractivity contribution >= 4 is 22.6 Å². The molecule has 0 bridgehead atoms. The summed E-state index contributed by atoms with van der Waals surface area (Å²) >= 11 is 0. The van der Waals surface area contributed by atoms with Crippen LogP contribution in [0, 0.1) is 0 Å². The predicted octanol–water partition coefficient (Wildman–Crippen LogP) is 4.70. The van der Waals surface area contributed by atoms with Gasteiger partial charge in [0.1, 0.15) is 0 Å². The van der Waals surface area contributed by atoms with Gasteiger partial charge < -0.3 is 15.6 Å². The minimum absolute atomic E-state index is 0.00224. The Balaban J connectivity index is 1.37. The molecule has 2 aromatic carbocycles. The van der Waals surface area contributed by atoms with E-state index >= 15 is 0 Å².